The van der Waals surface area contributed by atoms with Crippen LogP contribution in [-0.2, 0) is 17.5 Å². The van der Waals surface area contributed by atoms with Gasteiger partial charge in [-0.3, -0.25) is 0 Å². The highest BCUT2D eigenvalue weighted by Gasteiger charge is 2.34. The maximum absolute atomic E-state index is 13.4. The summed E-state index contributed by atoms with van der Waals surface area (Å²) in [6, 6.07) is 12.8. The van der Waals surface area contributed by atoms with E-state index in [1.165, 1.54) is 42.5 Å². The van der Waals surface area contributed by atoms with E-state index in [-0.39, 0.29) is 39.0 Å². The third-order valence-electron chi connectivity index (χ3n) is 4.78. The molecule has 0 saturated heterocycles. The van der Waals surface area contributed by atoms with E-state index in [1.54, 1.807) is 12.1 Å². The molecule has 6 nitrogen and oxygen atoms in total. The van der Waals surface area contributed by atoms with Gasteiger partial charge in [-0.25, -0.2) is 9.59 Å². The fourth-order valence-corrected chi connectivity index (χ4v) is 3.86. The van der Waals surface area contributed by atoms with Gasteiger partial charge in [0.2, 0.25) is 0 Å². The van der Waals surface area contributed by atoms with Gasteiger partial charge in [0.05, 0.1) is 15.6 Å². The molecule has 3 rings (SSSR count). The first-order valence-corrected chi connectivity index (χ1v) is 10.4. The Morgan fingerprint density at radius 2 is 1.56 bits per heavy atom. The number of anilines is 1. The van der Waals surface area contributed by atoms with Crippen LogP contribution in [0.5, 0.6) is 0 Å². The molecular formula is C23H17Cl2F3N2O4. The molecule has 0 fully saturated rings. The van der Waals surface area contributed by atoms with Gasteiger partial charge in [0.1, 0.15) is 0 Å². The van der Waals surface area contributed by atoms with Crippen LogP contribution in [0.3, 0.4) is 0 Å². The third kappa shape index (κ3) is 5.99. The maximum Gasteiger partial charge on any atom is 0.417 e. The first kappa shape index (κ1) is 25.4. The molecule has 0 heterocycles. The van der Waals surface area contributed by atoms with E-state index in [0.29, 0.717) is 5.56 Å². The van der Waals surface area contributed by atoms with Crippen molar-refractivity contribution in [1.29, 1.82) is 0 Å². The van der Waals surface area contributed by atoms with Crippen LogP contribution in [0.15, 0.2) is 60.7 Å². The predicted octanol–water partition coefficient (Wildman–Crippen LogP) is 6.12. The minimum Gasteiger partial charge on any atom is -0.479 e. The van der Waals surface area contributed by atoms with Crippen LogP contribution in [0, 0.1) is 0 Å². The Balaban J connectivity index is 1.71. The minimum absolute atomic E-state index is 0.00847. The SMILES string of the molecule is O=C(NCc1ccc(C(O)C(=O)O)cc1)Nc1cc(Cl)c(-c2ccccc2C(F)(F)F)c(Cl)c1. The average Bonchev–Trinajstić information content (AvgIpc) is 2.76. The molecule has 0 aliphatic carbocycles. The zero-order valence-corrected chi connectivity index (χ0v) is 18.7. The summed E-state index contributed by atoms with van der Waals surface area (Å²) in [5.74, 6) is -1.38. The number of benzene rings is 3. The van der Waals surface area contributed by atoms with Gasteiger partial charge in [0.25, 0.3) is 0 Å². The highest BCUT2D eigenvalue weighted by molar-refractivity contribution is 6.39. The molecule has 0 spiro atoms. The molecule has 0 radical (unpaired) electrons. The van der Waals surface area contributed by atoms with E-state index in [4.69, 9.17) is 28.3 Å². The average molecular weight is 513 g/mol. The summed E-state index contributed by atoms with van der Waals surface area (Å²) in [4.78, 5) is 23.0. The number of aliphatic hydroxyl groups excluding tert-OH is 1. The zero-order chi connectivity index (χ0) is 25.0. The van der Waals surface area contributed by atoms with E-state index in [9.17, 15) is 27.9 Å². The zero-order valence-electron chi connectivity index (χ0n) is 17.2. The Hall–Kier alpha value is -3.27. The van der Waals surface area contributed by atoms with Gasteiger partial charge in [0.15, 0.2) is 6.10 Å². The number of carboxylic acid groups (broad SMARTS) is 1. The molecule has 11 heteroatoms. The number of carbonyl (C=O) groups is 2. The lowest BCUT2D eigenvalue weighted by molar-refractivity contribution is -0.147. The van der Waals surface area contributed by atoms with Crippen molar-refractivity contribution in [3.63, 3.8) is 0 Å². The predicted molar refractivity (Wildman–Crippen MR) is 122 cm³/mol. The molecular weight excluding hydrogens is 496 g/mol. The van der Waals surface area contributed by atoms with E-state index in [2.05, 4.69) is 10.6 Å². The summed E-state index contributed by atoms with van der Waals surface area (Å²) in [6.07, 6.45) is -6.25. The number of urea groups is 1. The van der Waals surface area contributed by atoms with Gasteiger partial charge >= 0.3 is 18.2 Å². The highest BCUT2D eigenvalue weighted by atomic mass is 35.5. The summed E-state index contributed by atoms with van der Waals surface area (Å²) in [7, 11) is 0. The lowest BCUT2D eigenvalue weighted by Crippen LogP contribution is -2.28. The van der Waals surface area contributed by atoms with Crippen molar-refractivity contribution in [3.05, 3.63) is 87.4 Å². The third-order valence-corrected chi connectivity index (χ3v) is 5.38. The molecule has 0 aliphatic rings. The highest BCUT2D eigenvalue weighted by Crippen LogP contribution is 2.43. The quantitative estimate of drug-likeness (QED) is 0.319. The first-order valence-electron chi connectivity index (χ1n) is 9.67. The van der Waals surface area contributed by atoms with Gasteiger partial charge in [-0.05, 0) is 34.9 Å². The molecule has 0 aliphatic heterocycles. The summed E-state index contributed by atoms with van der Waals surface area (Å²) in [6.45, 7) is 0.0772. The van der Waals surface area contributed by atoms with Crippen LogP contribution in [0.1, 0.15) is 22.8 Å². The molecule has 4 N–H and O–H groups in total. The maximum atomic E-state index is 13.4. The summed E-state index contributed by atoms with van der Waals surface area (Å²) in [5, 5.41) is 23.2. The number of hydrogen-bond acceptors (Lipinski definition) is 3. The molecule has 0 bridgehead atoms. The number of aliphatic carboxylic acids is 1. The smallest absolute Gasteiger partial charge is 0.417 e. The van der Waals surface area contributed by atoms with Gasteiger partial charge in [-0.2, -0.15) is 13.2 Å². The number of halogens is 5. The van der Waals surface area contributed by atoms with Crippen molar-refractivity contribution in [1.82, 2.24) is 5.32 Å². The van der Waals surface area contributed by atoms with Crippen LogP contribution in [0.25, 0.3) is 11.1 Å². The van der Waals surface area contributed by atoms with Crippen molar-refractivity contribution in [2.45, 2.75) is 18.8 Å². The Kier molecular flexibility index (Phi) is 7.71. The Morgan fingerprint density at radius 3 is 2.12 bits per heavy atom. The van der Waals surface area contributed by atoms with E-state index < -0.39 is 29.8 Å². The van der Waals surface area contributed by atoms with Gasteiger partial charge in [-0.15, -0.1) is 0 Å². The number of hydrogen-bond donors (Lipinski definition) is 4. The molecule has 3 aromatic rings. The van der Waals surface area contributed by atoms with Crippen LogP contribution >= 0.6 is 23.2 Å². The van der Waals surface area contributed by atoms with Crippen LogP contribution in [0.4, 0.5) is 23.7 Å². The molecule has 178 valence electrons. The number of nitrogens with one attached hydrogen (secondary N) is 2. The second-order valence-corrected chi connectivity index (χ2v) is 7.96. The van der Waals surface area contributed by atoms with Crippen LogP contribution in [0.2, 0.25) is 10.0 Å². The number of rotatable bonds is 6. The number of aliphatic hydroxyl groups is 1. The second kappa shape index (κ2) is 10.3. The molecule has 1 unspecified atom stereocenters. The Bertz CT molecular complexity index is 1190. The van der Waals surface area contributed by atoms with Crippen LogP contribution < -0.4 is 10.6 Å². The Labute approximate surface area is 201 Å². The van der Waals surface area contributed by atoms with Crippen molar-refractivity contribution in [3.8, 4) is 11.1 Å². The molecule has 2 amide bonds. The molecule has 3 aromatic carbocycles. The molecule has 34 heavy (non-hydrogen) atoms. The number of carbonyl (C=O) groups excluding carboxylic acids is 1. The lowest BCUT2D eigenvalue weighted by atomic mass is 9.99. The topological polar surface area (TPSA) is 98.7 Å². The second-order valence-electron chi connectivity index (χ2n) is 7.15. The van der Waals surface area contributed by atoms with Gasteiger partial charge in [0, 0.05) is 17.8 Å². The molecule has 0 aromatic heterocycles. The number of carboxylic acids is 1. The fourth-order valence-electron chi connectivity index (χ4n) is 3.17. The molecule has 0 saturated carbocycles. The van der Waals surface area contributed by atoms with E-state index in [1.807, 2.05) is 0 Å². The van der Waals surface area contributed by atoms with Gasteiger partial charge in [-0.1, -0.05) is 65.7 Å². The van der Waals surface area contributed by atoms with Crippen LogP contribution in [-0.4, -0.2) is 22.2 Å². The Morgan fingerprint density at radius 1 is 0.971 bits per heavy atom. The van der Waals surface area contributed by atoms with Crippen molar-refractivity contribution in [2.24, 2.45) is 0 Å². The number of amides is 2. The van der Waals surface area contributed by atoms with Gasteiger partial charge < -0.3 is 20.8 Å². The normalized spacial score (nSPS) is 12.2. The molecule has 1 atom stereocenters. The van der Waals surface area contributed by atoms with Crippen molar-refractivity contribution < 1.29 is 33.0 Å². The van der Waals surface area contributed by atoms with Crippen molar-refractivity contribution in [2.75, 3.05) is 5.32 Å². The standard InChI is InChI=1S/C23H17Cl2F3N2O4/c24-17-9-14(10-18(25)19(17)15-3-1-2-4-16(15)23(26,27)28)30-22(34)29-11-12-5-7-13(8-6-12)20(31)21(32)33/h1-10,20,31H,11H2,(H,32,33)(H2,29,30,34). The summed E-state index contributed by atoms with van der Waals surface area (Å²) >= 11 is 12.4. The fraction of sp³-hybridized carbons (Fsp3) is 0.130. The number of alkyl halides is 3. The summed E-state index contributed by atoms with van der Waals surface area (Å²) in [5.41, 5.74) is -0.0908. The first-order chi connectivity index (χ1) is 16.0. The van der Waals surface area contributed by atoms with E-state index >= 15 is 0 Å². The van der Waals surface area contributed by atoms with E-state index in [0.717, 1.165) is 6.07 Å². The summed E-state index contributed by atoms with van der Waals surface area (Å²) < 4.78 is 40.1. The lowest BCUT2D eigenvalue weighted by Gasteiger charge is -2.16. The monoisotopic (exact) mass is 512 g/mol. The largest absolute Gasteiger partial charge is 0.479 e. The van der Waals surface area contributed by atoms with Crippen molar-refractivity contribution >= 4 is 40.9 Å². The minimum atomic E-state index is -4.61.